The Labute approximate surface area is 188 Å². The summed E-state index contributed by atoms with van der Waals surface area (Å²) < 4.78 is 10.7. The Morgan fingerprint density at radius 2 is 1.81 bits per heavy atom. The average Bonchev–Trinajstić information content (AvgIpc) is 3.53. The Kier molecular flexibility index (Phi) is 4.86. The molecule has 0 spiro atoms. The molecule has 1 atom stereocenters. The van der Waals surface area contributed by atoms with E-state index in [9.17, 15) is 14.7 Å². The fourth-order valence-electron chi connectivity index (χ4n) is 3.93. The zero-order chi connectivity index (χ0) is 22.4. The molecule has 3 aromatic rings. The van der Waals surface area contributed by atoms with E-state index in [0.717, 1.165) is 10.6 Å². The van der Waals surface area contributed by atoms with Gasteiger partial charge in [0, 0.05) is 35.9 Å². The Morgan fingerprint density at radius 3 is 2.50 bits per heavy atom. The van der Waals surface area contributed by atoms with Gasteiger partial charge in [0.15, 0.2) is 11.5 Å². The third kappa shape index (κ3) is 3.20. The van der Waals surface area contributed by atoms with E-state index < -0.39 is 17.7 Å². The second-order valence-electron chi connectivity index (χ2n) is 7.66. The largest absolute Gasteiger partial charge is 0.507 e. The lowest BCUT2D eigenvalue weighted by Crippen LogP contribution is -2.29. The van der Waals surface area contributed by atoms with E-state index in [1.807, 2.05) is 60.8 Å². The number of ketones is 1. The van der Waals surface area contributed by atoms with Crippen LogP contribution >= 0.6 is 11.3 Å². The number of thiophene rings is 1. The minimum atomic E-state index is -0.731. The molecule has 1 unspecified atom stereocenters. The Morgan fingerprint density at radius 1 is 1.06 bits per heavy atom. The fraction of sp³-hybridized carbons (Fsp3) is 0.167. The van der Waals surface area contributed by atoms with E-state index in [1.165, 1.54) is 16.2 Å². The molecule has 2 aliphatic rings. The number of hydrogen-bond acceptors (Lipinski definition) is 7. The summed E-state index contributed by atoms with van der Waals surface area (Å²) in [6, 6.07) is 15.3. The van der Waals surface area contributed by atoms with Gasteiger partial charge in [-0.25, -0.2) is 0 Å². The maximum atomic E-state index is 13.1. The summed E-state index contributed by atoms with van der Waals surface area (Å²) in [7, 11) is 3.86. The van der Waals surface area contributed by atoms with Gasteiger partial charge in [0.2, 0.25) is 6.79 Å². The average molecular weight is 449 g/mol. The summed E-state index contributed by atoms with van der Waals surface area (Å²) >= 11 is 1.42. The summed E-state index contributed by atoms with van der Waals surface area (Å²) in [4.78, 5) is 30.5. The molecule has 7 nitrogen and oxygen atoms in total. The first-order valence-electron chi connectivity index (χ1n) is 9.97. The van der Waals surface area contributed by atoms with E-state index in [4.69, 9.17) is 9.47 Å². The van der Waals surface area contributed by atoms with Crippen molar-refractivity contribution < 1.29 is 24.2 Å². The Balaban J connectivity index is 1.64. The highest BCUT2D eigenvalue weighted by molar-refractivity contribution is 7.10. The van der Waals surface area contributed by atoms with Gasteiger partial charge in [-0.3, -0.25) is 14.5 Å². The fourth-order valence-corrected chi connectivity index (χ4v) is 4.75. The first-order chi connectivity index (χ1) is 15.5. The van der Waals surface area contributed by atoms with Crippen LogP contribution in [0.3, 0.4) is 0 Å². The lowest BCUT2D eigenvalue weighted by Gasteiger charge is -2.25. The second kappa shape index (κ2) is 7.72. The number of nitrogens with zero attached hydrogens (tertiary/aromatic N) is 2. The van der Waals surface area contributed by atoms with E-state index in [1.54, 1.807) is 18.2 Å². The molecule has 1 amide bonds. The molecule has 0 bridgehead atoms. The molecule has 0 saturated carbocycles. The molecule has 0 radical (unpaired) electrons. The molecule has 32 heavy (non-hydrogen) atoms. The van der Waals surface area contributed by atoms with Crippen LogP contribution in [-0.4, -0.2) is 37.7 Å². The van der Waals surface area contributed by atoms with Crippen LogP contribution in [0.25, 0.3) is 5.76 Å². The van der Waals surface area contributed by atoms with Crippen LogP contribution in [0, 0.1) is 0 Å². The number of carbonyl (C=O) groups is 2. The van der Waals surface area contributed by atoms with Crippen LogP contribution < -0.4 is 19.3 Å². The van der Waals surface area contributed by atoms with Crippen LogP contribution in [0.4, 0.5) is 11.4 Å². The zero-order valence-electron chi connectivity index (χ0n) is 17.4. The summed E-state index contributed by atoms with van der Waals surface area (Å²) in [6.07, 6.45) is 0. The minimum Gasteiger partial charge on any atom is -0.507 e. The minimum absolute atomic E-state index is 0.0491. The van der Waals surface area contributed by atoms with Crippen LogP contribution in [0.15, 0.2) is 65.6 Å². The molecule has 1 fully saturated rings. The zero-order valence-corrected chi connectivity index (χ0v) is 18.3. The van der Waals surface area contributed by atoms with Crippen molar-refractivity contribution in [2.24, 2.45) is 0 Å². The summed E-state index contributed by atoms with van der Waals surface area (Å²) in [5.74, 6) is -0.598. The summed E-state index contributed by atoms with van der Waals surface area (Å²) in [6.45, 7) is 0.0993. The number of ether oxygens (including phenoxy) is 2. The number of amides is 1. The standard InChI is InChI=1S/C24H20N2O5S/c1-25(2)15-6-8-16(9-7-15)26-21(19-4-3-11-32-19)20(23(28)24(26)29)22(27)14-5-10-17-18(12-14)31-13-30-17/h3-12,21,27H,13H2,1-2H3/b22-20-. The lowest BCUT2D eigenvalue weighted by molar-refractivity contribution is -0.132. The monoisotopic (exact) mass is 448 g/mol. The third-order valence-electron chi connectivity index (χ3n) is 5.55. The van der Waals surface area contributed by atoms with Crippen molar-refractivity contribution in [3.8, 4) is 11.5 Å². The molecular formula is C24H20N2O5S. The highest BCUT2D eigenvalue weighted by atomic mass is 32.1. The number of benzene rings is 2. The quantitative estimate of drug-likeness (QED) is 0.367. The number of carbonyl (C=O) groups excluding carboxylic acids is 2. The van der Waals surface area contributed by atoms with Crippen molar-refractivity contribution in [1.82, 2.24) is 0 Å². The highest BCUT2D eigenvalue weighted by Crippen LogP contribution is 2.44. The highest BCUT2D eigenvalue weighted by Gasteiger charge is 2.47. The maximum Gasteiger partial charge on any atom is 0.300 e. The first-order valence-corrected chi connectivity index (χ1v) is 10.9. The smallest absolute Gasteiger partial charge is 0.300 e. The molecule has 162 valence electrons. The number of hydrogen-bond donors (Lipinski definition) is 1. The van der Waals surface area contributed by atoms with Crippen molar-refractivity contribution in [2.45, 2.75) is 6.04 Å². The summed E-state index contributed by atoms with van der Waals surface area (Å²) in [5, 5.41) is 13.1. The van der Waals surface area contributed by atoms with Gasteiger partial charge in [0.25, 0.3) is 11.7 Å². The van der Waals surface area contributed by atoms with Crippen LogP contribution in [-0.2, 0) is 9.59 Å². The number of fused-ring (bicyclic) bond motifs is 1. The first kappa shape index (κ1) is 20.1. The van der Waals surface area contributed by atoms with Gasteiger partial charge in [-0.1, -0.05) is 6.07 Å². The molecule has 0 aliphatic carbocycles. The molecule has 1 saturated heterocycles. The summed E-state index contributed by atoms with van der Waals surface area (Å²) in [5.41, 5.74) is 1.99. The van der Waals surface area contributed by atoms with Crippen molar-refractivity contribution in [3.05, 3.63) is 76.0 Å². The Hall–Kier alpha value is -3.78. The van der Waals surface area contributed by atoms with E-state index in [0.29, 0.717) is 22.7 Å². The van der Waals surface area contributed by atoms with Crippen LogP contribution in [0.2, 0.25) is 0 Å². The molecule has 1 aromatic heterocycles. The number of aliphatic hydroxyl groups excluding tert-OH is 1. The molecule has 2 aromatic carbocycles. The normalized spacial score (nSPS) is 18.9. The van der Waals surface area contributed by atoms with E-state index in [2.05, 4.69) is 0 Å². The molecule has 8 heteroatoms. The van der Waals surface area contributed by atoms with Crippen molar-refractivity contribution >= 4 is 40.2 Å². The maximum absolute atomic E-state index is 13.1. The van der Waals surface area contributed by atoms with Gasteiger partial charge in [0.1, 0.15) is 11.8 Å². The van der Waals surface area contributed by atoms with Gasteiger partial charge < -0.3 is 19.5 Å². The van der Waals surface area contributed by atoms with Gasteiger partial charge in [0.05, 0.1) is 5.57 Å². The predicted molar refractivity (Wildman–Crippen MR) is 122 cm³/mol. The molecule has 1 N–H and O–H groups in total. The van der Waals surface area contributed by atoms with Crippen molar-refractivity contribution in [3.63, 3.8) is 0 Å². The van der Waals surface area contributed by atoms with Crippen LogP contribution in [0.1, 0.15) is 16.5 Å². The number of anilines is 2. The van der Waals surface area contributed by atoms with E-state index in [-0.39, 0.29) is 18.1 Å². The second-order valence-corrected chi connectivity index (χ2v) is 8.64. The van der Waals surface area contributed by atoms with Gasteiger partial charge >= 0.3 is 0 Å². The number of aliphatic hydroxyl groups is 1. The third-order valence-corrected chi connectivity index (χ3v) is 6.47. The van der Waals surface area contributed by atoms with Crippen LogP contribution in [0.5, 0.6) is 11.5 Å². The topological polar surface area (TPSA) is 79.3 Å². The van der Waals surface area contributed by atoms with Gasteiger partial charge in [-0.2, -0.15) is 0 Å². The van der Waals surface area contributed by atoms with Crippen molar-refractivity contribution in [1.29, 1.82) is 0 Å². The molecular weight excluding hydrogens is 428 g/mol. The van der Waals surface area contributed by atoms with Gasteiger partial charge in [-0.15, -0.1) is 11.3 Å². The van der Waals surface area contributed by atoms with Crippen molar-refractivity contribution in [2.75, 3.05) is 30.7 Å². The molecule has 3 heterocycles. The Bertz CT molecular complexity index is 1230. The SMILES string of the molecule is CN(C)c1ccc(N2C(=O)C(=O)/C(=C(\O)c3ccc4c(c3)OCO4)C2c2cccs2)cc1. The number of rotatable bonds is 4. The predicted octanol–water partition coefficient (Wildman–Crippen LogP) is 4.17. The van der Waals surface area contributed by atoms with E-state index >= 15 is 0 Å². The van der Waals surface area contributed by atoms with Gasteiger partial charge in [-0.05, 0) is 53.9 Å². The lowest BCUT2D eigenvalue weighted by atomic mass is 9.99. The molecule has 5 rings (SSSR count). The number of Topliss-reactive ketones (excluding diaryl/α,β-unsaturated/α-hetero) is 1. The molecule has 2 aliphatic heterocycles.